The third-order valence-corrected chi connectivity index (χ3v) is 12.5. The molecule has 2 nitrogen and oxygen atoms in total. The molecule has 0 heterocycles. The lowest BCUT2D eigenvalue weighted by Crippen LogP contribution is -2.18. The van der Waals surface area contributed by atoms with Crippen LogP contribution in [-0.2, 0) is 0 Å². The molecule has 3 aliphatic carbocycles. The minimum absolute atomic E-state index is 0.988. The molecule has 0 N–H and O–H groups in total. The van der Waals surface area contributed by atoms with Crippen LogP contribution in [0.25, 0.3) is 33.4 Å². The van der Waals surface area contributed by atoms with Gasteiger partial charge in [0.15, 0.2) is 0 Å². The highest BCUT2D eigenvalue weighted by Crippen LogP contribution is 2.40. The summed E-state index contributed by atoms with van der Waals surface area (Å²) in [6.07, 6.45) is 22.4. The molecule has 0 fully saturated rings. The molecule has 3 aliphatic rings. The van der Waals surface area contributed by atoms with Crippen LogP contribution in [-0.4, -0.2) is 0 Å². The lowest BCUT2D eigenvalue weighted by atomic mass is 9.90. The zero-order valence-electron chi connectivity index (χ0n) is 35.1. The summed E-state index contributed by atoms with van der Waals surface area (Å²) in [5.74, 6) is 0. The van der Waals surface area contributed by atoms with Crippen LogP contribution in [0.4, 0.5) is 28.4 Å². The summed E-state index contributed by atoms with van der Waals surface area (Å²) in [6.45, 7) is 0. The number of hydrogen-bond donors (Lipinski definition) is 0. The van der Waals surface area contributed by atoms with Gasteiger partial charge in [-0.1, -0.05) is 164 Å². The zero-order chi connectivity index (χ0) is 41.5. The SMILES string of the molecule is C1=CCCC(C2=CC=C(N(c3ccc(-c4ccccc4)cc3)c3ccc(-c4ccc(N(c5ccccc5)c5ccc(C6=CC=C(c7ccccc7)CC6)cc5)cc4)cc3)CC2)=C1. The van der Waals surface area contributed by atoms with Crippen molar-refractivity contribution in [2.75, 3.05) is 9.80 Å². The monoisotopic (exact) mass is 798 g/mol. The summed E-state index contributed by atoms with van der Waals surface area (Å²) in [7, 11) is 0. The van der Waals surface area contributed by atoms with Gasteiger partial charge in [0.05, 0.1) is 0 Å². The first-order valence-electron chi connectivity index (χ1n) is 22.1. The Hall–Kier alpha value is -7.42. The Bertz CT molecular complexity index is 2820. The fourth-order valence-electron chi connectivity index (χ4n) is 9.09. The molecule has 0 amide bonds. The third-order valence-electron chi connectivity index (χ3n) is 12.5. The van der Waals surface area contributed by atoms with E-state index in [1.54, 1.807) is 0 Å². The molecule has 2 heteroatoms. The number of benzene rings is 7. The minimum Gasteiger partial charge on any atom is -0.314 e. The Balaban J connectivity index is 0.913. The molecule has 62 heavy (non-hydrogen) atoms. The van der Waals surface area contributed by atoms with E-state index >= 15 is 0 Å². The van der Waals surface area contributed by atoms with Gasteiger partial charge in [-0.05, 0) is 161 Å². The molecule has 0 unspecified atom stereocenters. The number of nitrogens with zero attached hydrogens (tertiary/aromatic N) is 2. The average Bonchev–Trinajstić information content (AvgIpc) is 3.36. The van der Waals surface area contributed by atoms with Crippen molar-refractivity contribution < 1.29 is 0 Å². The molecule has 0 atom stereocenters. The number of hydrogen-bond acceptors (Lipinski definition) is 2. The normalized spacial score (nSPS) is 14.8. The Labute approximate surface area is 367 Å². The molecule has 10 rings (SSSR count). The van der Waals surface area contributed by atoms with E-state index in [1.165, 1.54) is 67.1 Å². The molecule has 0 saturated heterocycles. The van der Waals surface area contributed by atoms with E-state index in [0.29, 0.717) is 0 Å². The van der Waals surface area contributed by atoms with Gasteiger partial charge >= 0.3 is 0 Å². The lowest BCUT2D eigenvalue weighted by Gasteiger charge is -2.30. The van der Waals surface area contributed by atoms with Crippen LogP contribution in [0.3, 0.4) is 0 Å². The van der Waals surface area contributed by atoms with Gasteiger partial charge in [0.2, 0.25) is 0 Å². The van der Waals surface area contributed by atoms with Crippen LogP contribution in [0.5, 0.6) is 0 Å². The summed E-state index contributed by atoms with van der Waals surface area (Å²) >= 11 is 0. The first-order chi connectivity index (χ1) is 30.7. The molecule has 0 aliphatic heterocycles. The highest BCUT2D eigenvalue weighted by atomic mass is 15.2. The van der Waals surface area contributed by atoms with E-state index in [4.69, 9.17) is 0 Å². The summed E-state index contributed by atoms with van der Waals surface area (Å²) in [6, 6.07) is 68.2. The Morgan fingerprint density at radius 1 is 0.258 bits per heavy atom. The number of anilines is 5. The van der Waals surface area contributed by atoms with E-state index in [1.807, 2.05) is 0 Å². The summed E-state index contributed by atoms with van der Waals surface area (Å²) in [5, 5.41) is 0. The van der Waals surface area contributed by atoms with Crippen molar-refractivity contribution in [3.05, 3.63) is 259 Å². The Morgan fingerprint density at radius 3 is 1.08 bits per heavy atom. The van der Waals surface area contributed by atoms with Crippen molar-refractivity contribution in [3.63, 3.8) is 0 Å². The summed E-state index contributed by atoms with van der Waals surface area (Å²) in [5.41, 5.74) is 20.2. The first-order valence-corrected chi connectivity index (χ1v) is 22.1. The van der Waals surface area contributed by atoms with Crippen molar-refractivity contribution in [3.8, 4) is 22.3 Å². The molecule has 0 spiro atoms. The Kier molecular flexibility index (Phi) is 11.3. The predicted molar refractivity (Wildman–Crippen MR) is 264 cm³/mol. The van der Waals surface area contributed by atoms with Crippen LogP contribution in [0.2, 0.25) is 0 Å². The number of allylic oxidation sites excluding steroid dienone is 12. The van der Waals surface area contributed by atoms with Gasteiger partial charge in [-0.2, -0.15) is 0 Å². The van der Waals surface area contributed by atoms with Crippen LogP contribution < -0.4 is 9.80 Å². The predicted octanol–water partition coefficient (Wildman–Crippen LogP) is 16.8. The topological polar surface area (TPSA) is 6.48 Å². The number of rotatable bonds is 11. The van der Waals surface area contributed by atoms with Crippen LogP contribution in [0.1, 0.15) is 49.7 Å². The zero-order valence-corrected chi connectivity index (χ0v) is 35.1. The molecular formula is C60H50N2. The molecule has 7 aromatic carbocycles. The van der Waals surface area contributed by atoms with Gasteiger partial charge in [-0.3, -0.25) is 0 Å². The summed E-state index contributed by atoms with van der Waals surface area (Å²) in [4.78, 5) is 4.79. The maximum atomic E-state index is 2.44. The second-order valence-electron chi connectivity index (χ2n) is 16.3. The molecule has 0 saturated carbocycles. The second kappa shape index (κ2) is 18.1. The minimum atomic E-state index is 0.988. The van der Waals surface area contributed by atoms with Gasteiger partial charge in [-0.25, -0.2) is 0 Å². The van der Waals surface area contributed by atoms with Crippen LogP contribution in [0, 0.1) is 0 Å². The second-order valence-corrected chi connectivity index (χ2v) is 16.3. The molecular weight excluding hydrogens is 749 g/mol. The standard InChI is InChI=1S/C60H50N2/c1-5-13-45(14-6-1)48-21-23-49(24-22-48)52-29-39-56(40-30-52)61(55-19-11-4-12-20-55)57-41-31-53(32-42-57)54-33-43-60(44-34-54)62(58-35-25-50(26-36-58)46-15-7-2-8-16-46)59-37-27-51(28-38-59)47-17-9-3-10-18-47/h1-9,11-17,19-21,23,25-27,29-37,39-44H,10,18,22,24,28,38H2. The van der Waals surface area contributed by atoms with E-state index < -0.39 is 0 Å². The van der Waals surface area contributed by atoms with Gasteiger partial charge < -0.3 is 9.80 Å². The largest absolute Gasteiger partial charge is 0.314 e. The third kappa shape index (κ3) is 8.46. The van der Waals surface area contributed by atoms with Gasteiger partial charge in [-0.15, -0.1) is 0 Å². The highest BCUT2D eigenvalue weighted by molar-refractivity contribution is 5.82. The fourth-order valence-corrected chi connectivity index (χ4v) is 9.09. The fraction of sp³-hybridized carbons (Fsp3) is 0.100. The van der Waals surface area contributed by atoms with E-state index in [9.17, 15) is 0 Å². The van der Waals surface area contributed by atoms with Crippen LogP contribution in [0.15, 0.2) is 247 Å². The van der Waals surface area contributed by atoms with E-state index in [-0.39, 0.29) is 0 Å². The van der Waals surface area contributed by atoms with Gasteiger partial charge in [0.1, 0.15) is 0 Å². The van der Waals surface area contributed by atoms with Crippen molar-refractivity contribution in [2.24, 2.45) is 0 Å². The smallest absolute Gasteiger partial charge is 0.0462 e. The van der Waals surface area contributed by atoms with Gasteiger partial charge in [0.25, 0.3) is 0 Å². The maximum Gasteiger partial charge on any atom is 0.0462 e. The van der Waals surface area contributed by atoms with Gasteiger partial charge in [0, 0.05) is 34.1 Å². The maximum absolute atomic E-state index is 2.44. The Morgan fingerprint density at radius 2 is 0.629 bits per heavy atom. The first kappa shape index (κ1) is 38.8. The van der Waals surface area contributed by atoms with Crippen molar-refractivity contribution in [1.29, 1.82) is 0 Å². The molecule has 0 radical (unpaired) electrons. The highest BCUT2D eigenvalue weighted by Gasteiger charge is 2.20. The molecule has 7 aromatic rings. The van der Waals surface area contributed by atoms with Crippen molar-refractivity contribution in [1.82, 2.24) is 0 Å². The number of para-hydroxylation sites is 1. The molecule has 300 valence electrons. The lowest BCUT2D eigenvalue weighted by molar-refractivity contribution is 0.851. The van der Waals surface area contributed by atoms with E-state index in [2.05, 4.69) is 240 Å². The summed E-state index contributed by atoms with van der Waals surface area (Å²) < 4.78 is 0. The van der Waals surface area contributed by atoms with Crippen molar-refractivity contribution in [2.45, 2.75) is 38.5 Å². The van der Waals surface area contributed by atoms with E-state index in [0.717, 1.165) is 61.3 Å². The average molecular weight is 799 g/mol. The molecule has 0 bridgehead atoms. The quantitative estimate of drug-likeness (QED) is 0.129. The molecule has 0 aromatic heterocycles. The van der Waals surface area contributed by atoms with Crippen molar-refractivity contribution >= 4 is 39.6 Å². The van der Waals surface area contributed by atoms with Crippen LogP contribution >= 0.6 is 0 Å².